The van der Waals surface area contributed by atoms with Crippen molar-refractivity contribution in [2.45, 2.75) is 6.10 Å². The molecular weight excluding hydrogens is 176 g/mol. The Labute approximate surface area is 73.4 Å². The average molecular weight is 184 g/mol. The van der Waals surface area contributed by atoms with Crippen LogP contribution in [-0.2, 0) is 4.79 Å². The van der Waals surface area contributed by atoms with Crippen LogP contribution >= 0.6 is 11.3 Å². The summed E-state index contributed by atoms with van der Waals surface area (Å²) in [5, 5.41) is 11.0. The van der Waals surface area contributed by atoms with Gasteiger partial charge in [0.25, 0.3) is 0 Å². The second-order valence-corrected chi connectivity index (χ2v) is 2.92. The number of carbonyl (C=O) groups is 1. The lowest BCUT2D eigenvalue weighted by molar-refractivity contribution is -0.115. The number of thiazole rings is 1. The molecule has 5 heteroatoms. The number of aliphatic hydroxyl groups is 1. The smallest absolute Gasteiger partial charge is 0.247 e. The number of primary amides is 1. The molecule has 1 aromatic rings. The first-order chi connectivity index (χ1) is 5.63. The van der Waals surface area contributed by atoms with E-state index in [9.17, 15) is 9.90 Å². The summed E-state index contributed by atoms with van der Waals surface area (Å²) in [6, 6.07) is 0. The van der Waals surface area contributed by atoms with Crippen molar-refractivity contribution in [3.8, 4) is 0 Å². The van der Waals surface area contributed by atoms with Gasteiger partial charge in [-0.15, -0.1) is 11.3 Å². The second kappa shape index (κ2) is 3.46. The molecular formula is C7H8N2O2S. The third-order valence-electron chi connectivity index (χ3n) is 1.38. The number of nitrogens with two attached hydrogens (primary N) is 1. The van der Waals surface area contributed by atoms with Gasteiger partial charge in [0, 0.05) is 11.0 Å². The van der Waals surface area contributed by atoms with Crippen LogP contribution < -0.4 is 5.73 Å². The van der Waals surface area contributed by atoms with Crippen LogP contribution in [0.2, 0.25) is 0 Å². The summed E-state index contributed by atoms with van der Waals surface area (Å²) in [5.41, 5.74) is 6.85. The molecule has 3 N–H and O–H groups in total. The minimum atomic E-state index is -1.08. The Hall–Kier alpha value is -1.20. The van der Waals surface area contributed by atoms with Crippen LogP contribution in [0.25, 0.3) is 0 Å². The molecule has 0 saturated carbocycles. The zero-order chi connectivity index (χ0) is 9.14. The third kappa shape index (κ3) is 1.69. The molecule has 0 aliphatic heterocycles. The van der Waals surface area contributed by atoms with Gasteiger partial charge < -0.3 is 10.8 Å². The van der Waals surface area contributed by atoms with Crippen molar-refractivity contribution < 1.29 is 9.90 Å². The fourth-order valence-corrected chi connectivity index (χ4v) is 1.24. The number of hydrogen-bond acceptors (Lipinski definition) is 4. The van der Waals surface area contributed by atoms with Gasteiger partial charge in [-0.3, -0.25) is 4.79 Å². The molecule has 1 atom stereocenters. The van der Waals surface area contributed by atoms with E-state index in [1.165, 1.54) is 11.3 Å². The van der Waals surface area contributed by atoms with Crippen molar-refractivity contribution in [2.75, 3.05) is 0 Å². The summed E-state index contributed by atoms with van der Waals surface area (Å²) in [6.45, 7) is 3.35. The van der Waals surface area contributed by atoms with Gasteiger partial charge in [-0.25, -0.2) is 4.98 Å². The predicted molar refractivity (Wildman–Crippen MR) is 45.4 cm³/mol. The van der Waals surface area contributed by atoms with E-state index in [4.69, 9.17) is 5.73 Å². The van der Waals surface area contributed by atoms with Crippen molar-refractivity contribution >= 4 is 17.2 Å². The van der Waals surface area contributed by atoms with Gasteiger partial charge in [-0.1, -0.05) is 6.58 Å². The highest BCUT2D eigenvalue weighted by Gasteiger charge is 2.17. The Morgan fingerprint density at radius 3 is 2.92 bits per heavy atom. The molecule has 1 aromatic heterocycles. The fourth-order valence-electron chi connectivity index (χ4n) is 0.670. The standard InChI is InChI=1S/C7H8N2O2S/c1-4(7(8)11)6(10)5-2-12-3-9-5/h2-3,6,10H,1H2,(H2,8,11). The number of aliphatic hydroxyl groups excluding tert-OH is 1. The van der Waals surface area contributed by atoms with E-state index in [1.807, 2.05) is 0 Å². The summed E-state index contributed by atoms with van der Waals surface area (Å²) in [5.74, 6) is -0.712. The maximum atomic E-state index is 10.6. The molecule has 1 rings (SSSR count). The van der Waals surface area contributed by atoms with Crippen LogP contribution in [0, 0.1) is 0 Å². The number of hydrogen-bond donors (Lipinski definition) is 2. The van der Waals surface area contributed by atoms with Gasteiger partial charge in [0.15, 0.2) is 0 Å². The van der Waals surface area contributed by atoms with E-state index in [0.29, 0.717) is 5.69 Å². The lowest BCUT2D eigenvalue weighted by atomic mass is 10.1. The van der Waals surface area contributed by atoms with Crippen LogP contribution in [0.4, 0.5) is 0 Å². The normalized spacial score (nSPS) is 12.4. The molecule has 12 heavy (non-hydrogen) atoms. The van der Waals surface area contributed by atoms with Gasteiger partial charge in [0.1, 0.15) is 6.10 Å². The van der Waals surface area contributed by atoms with Crippen LogP contribution in [-0.4, -0.2) is 16.0 Å². The van der Waals surface area contributed by atoms with Crippen LogP contribution in [0.15, 0.2) is 23.0 Å². The van der Waals surface area contributed by atoms with Gasteiger partial charge in [-0.2, -0.15) is 0 Å². The number of carbonyl (C=O) groups excluding carboxylic acids is 1. The van der Waals surface area contributed by atoms with E-state index in [2.05, 4.69) is 11.6 Å². The Balaban J connectivity index is 2.79. The molecule has 0 saturated heterocycles. The summed E-state index contributed by atoms with van der Waals surface area (Å²) < 4.78 is 0. The number of rotatable bonds is 3. The Bertz CT molecular complexity index is 294. The molecule has 1 heterocycles. The van der Waals surface area contributed by atoms with E-state index in [0.717, 1.165) is 0 Å². The topological polar surface area (TPSA) is 76.2 Å². The van der Waals surface area contributed by atoms with Crippen LogP contribution in [0.1, 0.15) is 11.8 Å². The first-order valence-electron chi connectivity index (χ1n) is 3.17. The van der Waals surface area contributed by atoms with Crippen molar-refractivity contribution in [3.63, 3.8) is 0 Å². The average Bonchev–Trinajstić information content (AvgIpc) is 2.53. The highest BCUT2D eigenvalue weighted by atomic mass is 32.1. The molecule has 64 valence electrons. The Morgan fingerprint density at radius 2 is 2.50 bits per heavy atom. The fraction of sp³-hybridized carbons (Fsp3) is 0.143. The molecule has 4 nitrogen and oxygen atoms in total. The van der Waals surface area contributed by atoms with Gasteiger partial charge in [0.05, 0.1) is 11.2 Å². The lowest BCUT2D eigenvalue weighted by Crippen LogP contribution is -2.18. The van der Waals surface area contributed by atoms with Crippen LogP contribution in [0.5, 0.6) is 0 Å². The molecule has 1 unspecified atom stereocenters. The molecule has 0 aliphatic rings. The summed E-state index contributed by atoms with van der Waals surface area (Å²) >= 11 is 1.33. The highest BCUT2D eigenvalue weighted by Crippen LogP contribution is 2.18. The van der Waals surface area contributed by atoms with Gasteiger partial charge in [0.2, 0.25) is 5.91 Å². The lowest BCUT2D eigenvalue weighted by Gasteiger charge is -2.06. The SMILES string of the molecule is C=C(C(N)=O)C(O)c1cscn1. The van der Waals surface area contributed by atoms with Crippen molar-refractivity contribution in [3.05, 3.63) is 28.7 Å². The van der Waals surface area contributed by atoms with Crippen LogP contribution in [0.3, 0.4) is 0 Å². The van der Waals surface area contributed by atoms with Gasteiger partial charge >= 0.3 is 0 Å². The first kappa shape index (κ1) is 8.89. The monoisotopic (exact) mass is 184 g/mol. The maximum Gasteiger partial charge on any atom is 0.247 e. The van der Waals surface area contributed by atoms with E-state index < -0.39 is 12.0 Å². The van der Waals surface area contributed by atoms with Crippen molar-refractivity contribution in [1.29, 1.82) is 0 Å². The summed E-state index contributed by atoms with van der Waals surface area (Å²) in [6.07, 6.45) is -1.08. The molecule has 0 spiro atoms. The summed E-state index contributed by atoms with van der Waals surface area (Å²) in [7, 11) is 0. The highest BCUT2D eigenvalue weighted by molar-refractivity contribution is 7.07. The maximum absolute atomic E-state index is 10.6. The number of amides is 1. The quantitative estimate of drug-likeness (QED) is 0.660. The second-order valence-electron chi connectivity index (χ2n) is 2.21. The third-order valence-corrected chi connectivity index (χ3v) is 1.98. The van der Waals surface area contributed by atoms with E-state index in [1.54, 1.807) is 10.9 Å². The first-order valence-corrected chi connectivity index (χ1v) is 4.12. The molecule has 0 aromatic carbocycles. The number of aromatic nitrogens is 1. The number of nitrogens with zero attached hydrogens (tertiary/aromatic N) is 1. The molecule has 0 bridgehead atoms. The van der Waals surface area contributed by atoms with Crippen molar-refractivity contribution in [2.24, 2.45) is 5.73 Å². The Kier molecular flexibility index (Phi) is 2.57. The predicted octanol–water partition coefficient (Wildman–Crippen LogP) is 0.218. The Morgan fingerprint density at radius 1 is 1.83 bits per heavy atom. The van der Waals surface area contributed by atoms with Gasteiger partial charge in [-0.05, 0) is 0 Å². The molecule has 0 aliphatic carbocycles. The largest absolute Gasteiger partial charge is 0.382 e. The van der Waals surface area contributed by atoms with E-state index >= 15 is 0 Å². The van der Waals surface area contributed by atoms with Crippen molar-refractivity contribution in [1.82, 2.24) is 4.98 Å². The van der Waals surface area contributed by atoms with E-state index in [-0.39, 0.29) is 5.57 Å². The summed E-state index contributed by atoms with van der Waals surface area (Å²) in [4.78, 5) is 14.4. The minimum absolute atomic E-state index is 0.0408. The molecule has 0 radical (unpaired) electrons. The molecule has 1 amide bonds. The zero-order valence-corrected chi connectivity index (χ0v) is 7.04. The molecule has 0 fully saturated rings. The zero-order valence-electron chi connectivity index (χ0n) is 6.23. The minimum Gasteiger partial charge on any atom is -0.382 e.